The molecule has 1 aliphatic heterocycles. The Morgan fingerprint density at radius 1 is 1.33 bits per heavy atom. The van der Waals surface area contributed by atoms with Crippen molar-refractivity contribution in [1.82, 2.24) is 14.9 Å². The minimum Gasteiger partial charge on any atom is -0.384 e. The number of nitrogen functional groups attached to an aromatic ring is 1. The van der Waals surface area contributed by atoms with Gasteiger partial charge in [-0.25, -0.2) is 9.97 Å². The van der Waals surface area contributed by atoms with Gasteiger partial charge in [0.25, 0.3) is 0 Å². The van der Waals surface area contributed by atoms with Crippen molar-refractivity contribution in [1.29, 1.82) is 0 Å². The summed E-state index contributed by atoms with van der Waals surface area (Å²) in [5.74, 6) is 2.15. The second-order valence-corrected chi connectivity index (χ2v) is 5.46. The molecule has 0 aliphatic carbocycles. The van der Waals surface area contributed by atoms with Gasteiger partial charge in [-0.3, -0.25) is 4.79 Å². The van der Waals surface area contributed by atoms with Crippen LogP contribution >= 0.6 is 0 Å². The number of nitrogens with two attached hydrogens (primary N) is 1. The molecule has 1 aromatic heterocycles. The van der Waals surface area contributed by atoms with Gasteiger partial charge in [-0.1, -0.05) is 6.92 Å². The average molecular weight is 291 g/mol. The van der Waals surface area contributed by atoms with E-state index >= 15 is 0 Å². The molecule has 6 heteroatoms. The largest absolute Gasteiger partial charge is 0.384 e. The van der Waals surface area contributed by atoms with Gasteiger partial charge in [-0.15, -0.1) is 0 Å². The van der Waals surface area contributed by atoms with E-state index in [1.807, 2.05) is 4.90 Å². The van der Waals surface area contributed by atoms with E-state index in [4.69, 9.17) is 5.73 Å². The first-order valence-corrected chi connectivity index (χ1v) is 7.84. The third kappa shape index (κ3) is 4.88. The van der Waals surface area contributed by atoms with Gasteiger partial charge in [0.05, 0.1) is 0 Å². The van der Waals surface area contributed by atoms with Gasteiger partial charge in [-0.05, 0) is 25.7 Å². The van der Waals surface area contributed by atoms with Crippen LogP contribution in [0.4, 0.5) is 11.6 Å². The number of hydrogen-bond donors (Lipinski definition) is 2. The fourth-order valence-electron chi connectivity index (χ4n) is 2.54. The van der Waals surface area contributed by atoms with Crippen molar-refractivity contribution in [2.45, 2.75) is 45.4 Å². The maximum atomic E-state index is 12.1. The van der Waals surface area contributed by atoms with Gasteiger partial charge in [0.15, 0.2) is 0 Å². The third-order valence-electron chi connectivity index (χ3n) is 3.62. The SMILES string of the molecule is CCCc1nc(N)cc(NCCC(=O)N2CCCCC2)n1. The van der Waals surface area contributed by atoms with Crippen molar-refractivity contribution in [3.05, 3.63) is 11.9 Å². The van der Waals surface area contributed by atoms with E-state index in [2.05, 4.69) is 22.2 Å². The van der Waals surface area contributed by atoms with Gasteiger partial charge in [0.1, 0.15) is 17.5 Å². The van der Waals surface area contributed by atoms with E-state index in [-0.39, 0.29) is 5.91 Å². The summed E-state index contributed by atoms with van der Waals surface area (Å²) in [7, 11) is 0. The first kappa shape index (κ1) is 15.5. The molecule has 1 saturated heterocycles. The van der Waals surface area contributed by atoms with Crippen LogP contribution in [0.3, 0.4) is 0 Å². The number of carbonyl (C=O) groups is 1. The van der Waals surface area contributed by atoms with Crippen LogP contribution in [0.25, 0.3) is 0 Å². The van der Waals surface area contributed by atoms with Gasteiger partial charge >= 0.3 is 0 Å². The number of aryl methyl sites for hydroxylation is 1. The normalized spacial score (nSPS) is 15.0. The molecule has 1 fully saturated rings. The first-order valence-electron chi connectivity index (χ1n) is 7.84. The maximum Gasteiger partial charge on any atom is 0.224 e. The molecule has 6 nitrogen and oxygen atoms in total. The summed E-state index contributed by atoms with van der Waals surface area (Å²) >= 11 is 0. The summed E-state index contributed by atoms with van der Waals surface area (Å²) in [6.07, 6.45) is 5.78. The molecule has 0 spiro atoms. The number of aromatic nitrogens is 2. The van der Waals surface area contributed by atoms with E-state index in [1.165, 1.54) is 6.42 Å². The Morgan fingerprint density at radius 2 is 2.10 bits per heavy atom. The molecular formula is C15H25N5O. The van der Waals surface area contributed by atoms with E-state index in [0.717, 1.165) is 44.6 Å². The molecule has 0 saturated carbocycles. The molecule has 0 atom stereocenters. The Morgan fingerprint density at radius 3 is 2.81 bits per heavy atom. The van der Waals surface area contributed by atoms with E-state index in [0.29, 0.717) is 24.6 Å². The lowest BCUT2D eigenvalue weighted by Gasteiger charge is -2.26. The van der Waals surface area contributed by atoms with E-state index in [1.54, 1.807) is 6.07 Å². The van der Waals surface area contributed by atoms with Crippen LogP contribution in [0.2, 0.25) is 0 Å². The Hall–Kier alpha value is -1.85. The number of amides is 1. The maximum absolute atomic E-state index is 12.1. The molecule has 0 aromatic carbocycles. The second kappa shape index (κ2) is 7.81. The number of likely N-dealkylation sites (tertiary alicyclic amines) is 1. The van der Waals surface area contributed by atoms with Crippen molar-refractivity contribution >= 4 is 17.5 Å². The number of nitrogens with zero attached hydrogens (tertiary/aromatic N) is 3. The smallest absolute Gasteiger partial charge is 0.224 e. The van der Waals surface area contributed by atoms with Crippen LogP contribution in [0, 0.1) is 0 Å². The molecule has 21 heavy (non-hydrogen) atoms. The van der Waals surface area contributed by atoms with E-state index < -0.39 is 0 Å². The fraction of sp³-hybridized carbons (Fsp3) is 0.667. The summed E-state index contributed by atoms with van der Waals surface area (Å²) in [6, 6.07) is 1.71. The fourth-order valence-corrected chi connectivity index (χ4v) is 2.54. The average Bonchev–Trinajstić information content (AvgIpc) is 2.48. The summed E-state index contributed by atoms with van der Waals surface area (Å²) < 4.78 is 0. The predicted molar refractivity (Wildman–Crippen MR) is 84.0 cm³/mol. The Labute approximate surface area is 126 Å². The Kier molecular flexibility index (Phi) is 5.78. The van der Waals surface area contributed by atoms with Crippen LogP contribution in [0.5, 0.6) is 0 Å². The standard InChI is InChI=1S/C15H25N5O/c1-2-6-13-18-12(16)11-14(19-13)17-8-7-15(21)20-9-4-3-5-10-20/h11H,2-10H2,1H3,(H3,16,17,18,19). The molecule has 0 bridgehead atoms. The zero-order valence-corrected chi connectivity index (χ0v) is 12.8. The first-order chi connectivity index (χ1) is 10.2. The minimum atomic E-state index is 0.220. The van der Waals surface area contributed by atoms with Crippen LogP contribution in [-0.4, -0.2) is 40.4 Å². The number of hydrogen-bond acceptors (Lipinski definition) is 5. The van der Waals surface area contributed by atoms with Crippen molar-refractivity contribution in [3.63, 3.8) is 0 Å². The molecule has 1 aliphatic rings. The lowest BCUT2D eigenvalue weighted by molar-refractivity contribution is -0.131. The van der Waals surface area contributed by atoms with Gasteiger partial charge in [-0.2, -0.15) is 0 Å². The number of rotatable bonds is 6. The number of anilines is 2. The summed E-state index contributed by atoms with van der Waals surface area (Å²) in [4.78, 5) is 22.6. The quantitative estimate of drug-likeness (QED) is 0.835. The van der Waals surface area contributed by atoms with Crippen molar-refractivity contribution in [2.24, 2.45) is 0 Å². The van der Waals surface area contributed by atoms with Crippen molar-refractivity contribution in [2.75, 3.05) is 30.7 Å². The zero-order chi connectivity index (χ0) is 15.1. The topological polar surface area (TPSA) is 84.1 Å². The van der Waals surface area contributed by atoms with Crippen molar-refractivity contribution < 1.29 is 4.79 Å². The highest BCUT2D eigenvalue weighted by Gasteiger charge is 2.15. The third-order valence-corrected chi connectivity index (χ3v) is 3.62. The van der Waals surface area contributed by atoms with Crippen molar-refractivity contribution in [3.8, 4) is 0 Å². The number of carbonyl (C=O) groups excluding carboxylic acids is 1. The molecular weight excluding hydrogens is 266 g/mol. The molecule has 116 valence electrons. The number of nitrogens with one attached hydrogen (secondary N) is 1. The summed E-state index contributed by atoms with van der Waals surface area (Å²) in [5.41, 5.74) is 5.77. The molecule has 1 amide bonds. The highest BCUT2D eigenvalue weighted by Crippen LogP contribution is 2.12. The monoisotopic (exact) mass is 291 g/mol. The molecule has 0 unspecified atom stereocenters. The molecule has 1 aromatic rings. The Bertz CT molecular complexity index is 471. The lowest BCUT2D eigenvalue weighted by Crippen LogP contribution is -2.36. The summed E-state index contributed by atoms with van der Waals surface area (Å²) in [6.45, 7) is 4.47. The zero-order valence-electron chi connectivity index (χ0n) is 12.8. The molecule has 2 rings (SSSR count). The molecule has 3 N–H and O–H groups in total. The second-order valence-electron chi connectivity index (χ2n) is 5.46. The van der Waals surface area contributed by atoms with Crippen LogP contribution in [0.15, 0.2) is 6.07 Å². The minimum absolute atomic E-state index is 0.220. The van der Waals surface area contributed by atoms with Crippen LogP contribution in [-0.2, 0) is 11.2 Å². The molecule has 0 radical (unpaired) electrons. The van der Waals surface area contributed by atoms with Crippen LogP contribution in [0.1, 0.15) is 44.9 Å². The van der Waals surface area contributed by atoms with Crippen LogP contribution < -0.4 is 11.1 Å². The van der Waals surface area contributed by atoms with Gasteiger partial charge in [0, 0.05) is 38.5 Å². The highest BCUT2D eigenvalue weighted by molar-refractivity contribution is 5.76. The highest BCUT2D eigenvalue weighted by atomic mass is 16.2. The van der Waals surface area contributed by atoms with E-state index in [9.17, 15) is 4.79 Å². The van der Waals surface area contributed by atoms with Gasteiger partial charge in [0.2, 0.25) is 5.91 Å². The summed E-state index contributed by atoms with van der Waals surface area (Å²) in [5, 5.41) is 3.18. The van der Waals surface area contributed by atoms with Gasteiger partial charge < -0.3 is 16.0 Å². The Balaban J connectivity index is 1.81. The number of piperidine rings is 1. The lowest BCUT2D eigenvalue weighted by atomic mass is 10.1. The molecule has 2 heterocycles. The predicted octanol–water partition coefficient (Wildman–Crippen LogP) is 1.83.